The minimum absolute atomic E-state index is 0.0214. The number of amides is 2. The number of halogens is 2. The molecule has 3 aliphatic heterocycles. The second kappa shape index (κ2) is 9.98. The number of aromatic hydroxyl groups is 1. The third kappa shape index (κ3) is 4.49. The van der Waals surface area contributed by atoms with Crippen molar-refractivity contribution in [3.05, 3.63) is 47.3 Å². The van der Waals surface area contributed by atoms with Crippen LogP contribution in [0.5, 0.6) is 11.5 Å². The van der Waals surface area contributed by atoms with Gasteiger partial charge in [0, 0.05) is 51.4 Å². The molecule has 11 heteroatoms. The lowest BCUT2D eigenvalue weighted by atomic mass is 10.0. The molecule has 1 N–H and O–H groups in total. The van der Waals surface area contributed by atoms with Crippen LogP contribution in [0.2, 0.25) is 5.02 Å². The first kappa shape index (κ1) is 25.9. The van der Waals surface area contributed by atoms with Gasteiger partial charge in [-0.2, -0.15) is 0 Å². The molecule has 1 aromatic heterocycles. The molecule has 2 amide bonds. The number of hydrogen-bond donors (Lipinski definition) is 1. The molecule has 39 heavy (non-hydrogen) atoms. The van der Waals surface area contributed by atoms with Gasteiger partial charge in [0.05, 0.1) is 11.6 Å². The lowest BCUT2D eigenvalue weighted by Crippen LogP contribution is -2.57. The van der Waals surface area contributed by atoms with Gasteiger partial charge in [-0.1, -0.05) is 24.2 Å². The van der Waals surface area contributed by atoms with Crippen LogP contribution < -0.4 is 9.64 Å². The highest BCUT2D eigenvalue weighted by atomic mass is 35.5. The smallest absolute Gasteiger partial charge is 0.261 e. The molecule has 2 saturated heterocycles. The Kier molecular flexibility index (Phi) is 6.63. The van der Waals surface area contributed by atoms with Gasteiger partial charge in [0.15, 0.2) is 5.75 Å². The molecule has 4 heterocycles. The molecule has 4 aliphatic rings. The number of pyridine rings is 1. The van der Waals surface area contributed by atoms with Crippen molar-refractivity contribution >= 4 is 29.2 Å². The van der Waals surface area contributed by atoms with Crippen molar-refractivity contribution in [3.8, 4) is 22.8 Å². The predicted molar refractivity (Wildman–Crippen MR) is 145 cm³/mol. The molecule has 6 rings (SSSR count). The van der Waals surface area contributed by atoms with Crippen molar-refractivity contribution in [3.63, 3.8) is 0 Å². The molecule has 0 bridgehead atoms. The summed E-state index contributed by atoms with van der Waals surface area (Å²) in [5, 5.41) is 10.6. The van der Waals surface area contributed by atoms with Crippen LogP contribution in [0.25, 0.3) is 11.3 Å². The summed E-state index contributed by atoms with van der Waals surface area (Å²) in [6.07, 6.45) is 3.66. The standard InChI is InChI=1S/C28H31ClFN5O4/c1-3-21(37)33-10-12-35-18(14-33)15-39-26-23(28(35)38)27(34-11-9-32(13-16(34)2)17-7-8-17)31-25(24(26)29)22-19(30)5-4-6-20(22)36/h3-6,16-18,36H,1,7-15H2,2H3/t16-,18+/m0/s1. The van der Waals surface area contributed by atoms with Crippen LogP contribution in [0.3, 0.4) is 0 Å². The van der Waals surface area contributed by atoms with Gasteiger partial charge in [-0.15, -0.1) is 0 Å². The van der Waals surface area contributed by atoms with Crippen LogP contribution in [0.15, 0.2) is 30.9 Å². The summed E-state index contributed by atoms with van der Waals surface area (Å²) >= 11 is 6.82. The molecule has 1 saturated carbocycles. The van der Waals surface area contributed by atoms with Crippen LogP contribution in [-0.2, 0) is 4.79 Å². The number of anilines is 1. The number of nitrogens with zero attached hydrogens (tertiary/aromatic N) is 5. The van der Waals surface area contributed by atoms with Crippen LogP contribution in [-0.4, -0.2) is 101 Å². The Morgan fingerprint density at radius 2 is 1.92 bits per heavy atom. The van der Waals surface area contributed by atoms with E-state index in [1.807, 2.05) is 0 Å². The molecule has 2 aromatic rings. The molecule has 0 radical (unpaired) electrons. The molecule has 1 aromatic carbocycles. The van der Waals surface area contributed by atoms with Crippen LogP contribution in [0, 0.1) is 5.82 Å². The first-order valence-corrected chi connectivity index (χ1v) is 13.7. The number of phenols is 1. The Balaban J connectivity index is 1.47. The summed E-state index contributed by atoms with van der Waals surface area (Å²) in [5.41, 5.74) is 0.114. The molecule has 3 fully saturated rings. The monoisotopic (exact) mass is 555 g/mol. The predicted octanol–water partition coefficient (Wildman–Crippen LogP) is 3.15. The fourth-order valence-corrected chi connectivity index (χ4v) is 6.25. The second-order valence-corrected chi connectivity index (χ2v) is 11.0. The zero-order chi connectivity index (χ0) is 27.4. The first-order chi connectivity index (χ1) is 18.8. The van der Waals surface area contributed by atoms with Gasteiger partial charge in [0.2, 0.25) is 5.91 Å². The van der Waals surface area contributed by atoms with Crippen molar-refractivity contribution in [2.45, 2.75) is 37.9 Å². The van der Waals surface area contributed by atoms with Crippen molar-refractivity contribution in [1.82, 2.24) is 19.7 Å². The quantitative estimate of drug-likeness (QED) is 0.580. The number of ether oxygens (including phenoxy) is 1. The average Bonchev–Trinajstić information content (AvgIpc) is 3.78. The van der Waals surface area contributed by atoms with Crippen LogP contribution >= 0.6 is 11.6 Å². The molecular formula is C28H31ClFN5O4. The van der Waals surface area contributed by atoms with E-state index < -0.39 is 11.9 Å². The number of carbonyl (C=O) groups excluding carboxylic acids is 2. The highest BCUT2D eigenvalue weighted by Crippen LogP contribution is 2.46. The van der Waals surface area contributed by atoms with E-state index in [2.05, 4.69) is 23.3 Å². The summed E-state index contributed by atoms with van der Waals surface area (Å²) in [4.78, 5) is 39.1. The van der Waals surface area contributed by atoms with Crippen molar-refractivity contribution in [1.29, 1.82) is 0 Å². The molecule has 2 atom stereocenters. The third-order valence-corrected chi connectivity index (χ3v) is 8.51. The van der Waals surface area contributed by atoms with Crippen molar-refractivity contribution < 1.29 is 23.8 Å². The maximum atomic E-state index is 15.1. The largest absolute Gasteiger partial charge is 0.507 e. The third-order valence-electron chi connectivity index (χ3n) is 8.16. The Morgan fingerprint density at radius 1 is 1.15 bits per heavy atom. The number of benzene rings is 1. The first-order valence-electron chi connectivity index (χ1n) is 13.4. The van der Waals surface area contributed by atoms with Gasteiger partial charge in [-0.05, 0) is 38.0 Å². The number of hydrogen-bond acceptors (Lipinski definition) is 7. The summed E-state index contributed by atoms with van der Waals surface area (Å²) < 4.78 is 21.3. The Labute approximate surface area is 231 Å². The zero-order valence-electron chi connectivity index (χ0n) is 21.8. The van der Waals surface area contributed by atoms with E-state index in [-0.39, 0.29) is 57.8 Å². The van der Waals surface area contributed by atoms with Crippen molar-refractivity contribution in [2.75, 3.05) is 50.8 Å². The van der Waals surface area contributed by atoms with Gasteiger partial charge >= 0.3 is 0 Å². The van der Waals surface area contributed by atoms with E-state index in [1.165, 1.54) is 37.1 Å². The minimum Gasteiger partial charge on any atom is -0.507 e. The molecule has 0 unspecified atom stereocenters. The molecule has 0 spiro atoms. The van der Waals surface area contributed by atoms with E-state index in [9.17, 15) is 14.7 Å². The molecular weight excluding hydrogens is 525 g/mol. The number of rotatable bonds is 4. The Hall–Kier alpha value is -3.37. The zero-order valence-corrected chi connectivity index (χ0v) is 22.5. The maximum absolute atomic E-state index is 15.1. The number of phenolic OH excluding ortho intramolecular Hbond substituents is 1. The van der Waals surface area contributed by atoms with E-state index >= 15 is 4.39 Å². The average molecular weight is 556 g/mol. The number of aromatic nitrogens is 1. The molecule has 206 valence electrons. The van der Waals surface area contributed by atoms with Crippen LogP contribution in [0.1, 0.15) is 30.1 Å². The Morgan fingerprint density at radius 3 is 2.62 bits per heavy atom. The normalized spacial score (nSPS) is 23.6. The summed E-state index contributed by atoms with van der Waals surface area (Å²) in [5.74, 6) is -0.995. The molecule has 1 aliphatic carbocycles. The number of carbonyl (C=O) groups is 2. The van der Waals surface area contributed by atoms with Crippen LogP contribution in [0.4, 0.5) is 10.2 Å². The minimum atomic E-state index is -0.683. The fourth-order valence-electron chi connectivity index (χ4n) is 5.97. The highest BCUT2D eigenvalue weighted by molar-refractivity contribution is 6.35. The van der Waals surface area contributed by atoms with E-state index in [0.29, 0.717) is 38.0 Å². The van der Waals surface area contributed by atoms with Gasteiger partial charge in [-0.25, -0.2) is 9.37 Å². The highest BCUT2D eigenvalue weighted by Gasteiger charge is 2.42. The maximum Gasteiger partial charge on any atom is 0.261 e. The van der Waals surface area contributed by atoms with E-state index in [0.717, 1.165) is 13.1 Å². The van der Waals surface area contributed by atoms with Crippen molar-refractivity contribution in [2.24, 2.45) is 0 Å². The number of fused-ring (bicyclic) bond motifs is 2. The topological polar surface area (TPSA) is 89.5 Å². The molecule has 9 nitrogen and oxygen atoms in total. The lowest BCUT2D eigenvalue weighted by Gasteiger charge is -2.42. The number of piperazine rings is 2. The van der Waals surface area contributed by atoms with Gasteiger partial charge in [0.1, 0.15) is 40.3 Å². The Bertz CT molecular complexity index is 1330. The second-order valence-electron chi connectivity index (χ2n) is 10.7. The van der Waals surface area contributed by atoms with Gasteiger partial charge < -0.3 is 24.5 Å². The van der Waals surface area contributed by atoms with E-state index in [4.69, 9.17) is 21.3 Å². The van der Waals surface area contributed by atoms with E-state index in [1.54, 1.807) is 9.80 Å². The lowest BCUT2D eigenvalue weighted by molar-refractivity contribution is -0.128. The SMILES string of the molecule is C=CC(=O)N1CCN2C(=O)c3c(N4CCN(C5CC5)C[C@@H]4C)nc(-c4c(O)cccc4F)c(Cl)c3OC[C@H]2C1. The summed E-state index contributed by atoms with van der Waals surface area (Å²) in [6, 6.07) is 4.23. The summed E-state index contributed by atoms with van der Waals surface area (Å²) in [7, 11) is 0. The fraction of sp³-hybridized carbons (Fsp3) is 0.464. The van der Waals surface area contributed by atoms with Gasteiger partial charge in [0.25, 0.3) is 5.91 Å². The summed E-state index contributed by atoms with van der Waals surface area (Å²) in [6.45, 7) is 8.99. The van der Waals surface area contributed by atoms with Gasteiger partial charge in [-0.3, -0.25) is 14.5 Å².